The molecule has 0 aliphatic carbocycles. The van der Waals surface area contributed by atoms with E-state index in [0.29, 0.717) is 12.2 Å². The summed E-state index contributed by atoms with van der Waals surface area (Å²) in [6, 6.07) is 11.7. The maximum atomic E-state index is 14.4. The molecule has 1 amide bonds. The normalized spacial score (nSPS) is 18.4. The van der Waals surface area contributed by atoms with Crippen molar-refractivity contribution in [2.75, 3.05) is 31.0 Å². The van der Waals surface area contributed by atoms with Crippen LogP contribution in [0.2, 0.25) is 0 Å². The first-order valence-electron chi connectivity index (χ1n) is 10.6. The largest absolute Gasteiger partial charge is 0.502 e. The van der Waals surface area contributed by atoms with Gasteiger partial charge in [0.1, 0.15) is 6.17 Å². The third kappa shape index (κ3) is 3.54. The lowest BCUT2D eigenvalue weighted by Crippen LogP contribution is -2.66. The Labute approximate surface area is 198 Å². The molecule has 0 saturated carbocycles. The minimum atomic E-state index is -1.00. The van der Waals surface area contributed by atoms with Gasteiger partial charge < -0.3 is 14.7 Å². The number of thioether (sulfide) groups is 1. The zero-order valence-electron chi connectivity index (χ0n) is 18.1. The lowest BCUT2D eigenvalue weighted by molar-refractivity contribution is -0.0197. The van der Waals surface area contributed by atoms with Gasteiger partial charge in [0, 0.05) is 23.7 Å². The molecule has 176 valence electrons. The fourth-order valence-electron chi connectivity index (χ4n) is 4.58. The predicted octanol–water partition coefficient (Wildman–Crippen LogP) is 3.09. The summed E-state index contributed by atoms with van der Waals surface area (Å²) < 4.78 is 35.4. The number of hydrogen-bond donors (Lipinski definition) is 1. The summed E-state index contributed by atoms with van der Waals surface area (Å²) in [5.74, 6) is -3.14. The second-order valence-electron chi connectivity index (χ2n) is 7.97. The van der Waals surface area contributed by atoms with E-state index in [4.69, 9.17) is 4.74 Å². The van der Waals surface area contributed by atoms with Crippen LogP contribution in [0.5, 0.6) is 5.75 Å². The van der Waals surface area contributed by atoms with E-state index in [1.54, 1.807) is 5.01 Å². The quantitative estimate of drug-likeness (QED) is 0.573. The number of hydrogen-bond acceptors (Lipinski definition) is 6. The number of amides is 1. The number of fused-ring (bicyclic) bond motifs is 2. The average Bonchev–Trinajstić information content (AvgIpc) is 2.85. The summed E-state index contributed by atoms with van der Waals surface area (Å²) in [5.41, 5.74) is 0.356. The molecule has 7 nitrogen and oxygen atoms in total. The second kappa shape index (κ2) is 8.77. The maximum absolute atomic E-state index is 14.4. The van der Waals surface area contributed by atoms with Gasteiger partial charge in [-0.15, -0.1) is 11.8 Å². The van der Waals surface area contributed by atoms with Crippen LogP contribution in [0.4, 0.5) is 8.78 Å². The number of nitrogens with zero attached hydrogens (tertiary/aromatic N) is 3. The Morgan fingerprint density at radius 1 is 1.12 bits per heavy atom. The number of benzene rings is 2. The second-order valence-corrected chi connectivity index (χ2v) is 8.82. The van der Waals surface area contributed by atoms with Crippen molar-refractivity contribution >= 4 is 17.7 Å². The molecule has 3 heterocycles. The predicted molar refractivity (Wildman–Crippen MR) is 123 cm³/mol. The monoisotopic (exact) mass is 485 g/mol. The number of ether oxygens (including phenoxy) is 1. The van der Waals surface area contributed by atoms with E-state index in [9.17, 15) is 23.5 Å². The first-order valence-corrected chi connectivity index (χ1v) is 11.8. The van der Waals surface area contributed by atoms with Crippen molar-refractivity contribution < 1.29 is 23.4 Å². The number of morpholine rings is 1. The third-order valence-corrected chi connectivity index (χ3v) is 6.94. The number of rotatable bonds is 4. The van der Waals surface area contributed by atoms with Crippen molar-refractivity contribution in [1.29, 1.82) is 0 Å². The van der Waals surface area contributed by atoms with Crippen molar-refractivity contribution in [2.24, 2.45) is 0 Å². The number of carbonyl (C=O) groups excluding carboxylic acids is 1. The van der Waals surface area contributed by atoms with Crippen molar-refractivity contribution in [3.05, 3.63) is 93.4 Å². The van der Waals surface area contributed by atoms with E-state index < -0.39 is 40.9 Å². The average molecular weight is 486 g/mol. The standard InChI is InChI=1S/C24H21F2N3O4S/c1-34-19-5-3-2-4-15(19)21(14-6-7-16(25)17(26)12-14)29-20-13-33-11-10-27(20)24(32)22-23(31)18(30)8-9-28(22)29/h2-9,12,20-21,31H,10-11,13H2,1H3/t20-,21+/m1/s1. The molecule has 5 rings (SSSR count). The molecule has 1 N–H and O–H groups in total. The summed E-state index contributed by atoms with van der Waals surface area (Å²) in [7, 11) is 0. The molecule has 10 heteroatoms. The number of halogens is 2. The van der Waals surface area contributed by atoms with Crippen molar-refractivity contribution in [2.45, 2.75) is 17.1 Å². The number of pyridine rings is 1. The lowest BCUT2D eigenvalue weighted by Gasteiger charge is -2.51. The molecule has 0 unspecified atom stereocenters. The minimum Gasteiger partial charge on any atom is -0.502 e. The van der Waals surface area contributed by atoms with Crippen LogP contribution in [0.1, 0.15) is 27.7 Å². The minimum absolute atomic E-state index is 0.152. The van der Waals surface area contributed by atoms with E-state index >= 15 is 0 Å². The van der Waals surface area contributed by atoms with E-state index in [-0.39, 0.29) is 18.8 Å². The summed E-state index contributed by atoms with van der Waals surface area (Å²) in [5, 5.41) is 12.3. The van der Waals surface area contributed by atoms with E-state index in [2.05, 4.69) is 0 Å². The van der Waals surface area contributed by atoms with Crippen LogP contribution < -0.4 is 10.4 Å². The molecular formula is C24H21F2N3O4S. The number of aromatic hydroxyl groups is 1. The highest BCUT2D eigenvalue weighted by molar-refractivity contribution is 7.98. The van der Waals surface area contributed by atoms with Crippen LogP contribution in [-0.4, -0.2) is 52.8 Å². The summed E-state index contributed by atoms with van der Waals surface area (Å²) in [6.45, 7) is 0.696. The maximum Gasteiger partial charge on any atom is 0.278 e. The summed E-state index contributed by atoms with van der Waals surface area (Å²) in [6.07, 6.45) is 2.70. The van der Waals surface area contributed by atoms with Crippen LogP contribution >= 0.6 is 11.8 Å². The van der Waals surface area contributed by atoms with Crippen LogP contribution in [0.15, 0.2) is 64.4 Å². The molecule has 3 aromatic rings. The van der Waals surface area contributed by atoms with Gasteiger partial charge in [0.15, 0.2) is 23.1 Å². The van der Waals surface area contributed by atoms with Crippen LogP contribution in [0.3, 0.4) is 0 Å². The van der Waals surface area contributed by atoms with E-state index in [1.807, 2.05) is 30.5 Å². The van der Waals surface area contributed by atoms with Crippen molar-refractivity contribution in [3.63, 3.8) is 0 Å². The molecule has 2 atom stereocenters. The van der Waals surface area contributed by atoms with Crippen molar-refractivity contribution in [1.82, 2.24) is 9.58 Å². The highest BCUT2D eigenvalue weighted by atomic mass is 32.2. The molecule has 1 saturated heterocycles. The molecule has 1 aromatic heterocycles. The summed E-state index contributed by atoms with van der Waals surface area (Å²) >= 11 is 1.49. The summed E-state index contributed by atoms with van der Waals surface area (Å²) in [4.78, 5) is 27.9. The smallest absolute Gasteiger partial charge is 0.278 e. The van der Waals surface area contributed by atoms with Gasteiger partial charge in [-0.2, -0.15) is 0 Å². The number of aromatic nitrogens is 1. The fourth-order valence-corrected chi connectivity index (χ4v) is 5.21. The molecule has 2 aliphatic rings. The number of carbonyl (C=O) groups is 1. The highest BCUT2D eigenvalue weighted by Gasteiger charge is 2.45. The molecule has 0 bridgehead atoms. The van der Waals surface area contributed by atoms with Crippen LogP contribution in [0, 0.1) is 11.6 Å². The molecule has 34 heavy (non-hydrogen) atoms. The van der Waals surface area contributed by atoms with Gasteiger partial charge in [-0.1, -0.05) is 24.3 Å². The SMILES string of the molecule is CSc1ccccc1[C@H](c1ccc(F)c(F)c1)N1[C@@H]2COCCN2C(=O)c2c(O)c(=O)ccn21. The zero-order chi connectivity index (χ0) is 24.0. The van der Waals surface area contributed by atoms with Gasteiger partial charge in [0.05, 0.1) is 19.3 Å². The molecule has 0 spiro atoms. The van der Waals surface area contributed by atoms with Gasteiger partial charge in [0.25, 0.3) is 5.91 Å². The van der Waals surface area contributed by atoms with E-state index in [1.165, 1.54) is 39.7 Å². The van der Waals surface area contributed by atoms with Gasteiger partial charge in [-0.3, -0.25) is 19.3 Å². The van der Waals surface area contributed by atoms with E-state index in [0.717, 1.165) is 22.6 Å². The molecule has 2 aliphatic heterocycles. The van der Waals surface area contributed by atoms with Gasteiger partial charge >= 0.3 is 0 Å². The molecule has 1 fully saturated rings. The molecular weight excluding hydrogens is 464 g/mol. The Kier molecular flexibility index (Phi) is 5.78. The fraction of sp³-hybridized carbons (Fsp3) is 0.250. The Balaban J connectivity index is 1.81. The first kappa shape index (κ1) is 22.4. The van der Waals surface area contributed by atoms with Gasteiger partial charge in [0.2, 0.25) is 5.43 Å². The topological polar surface area (TPSA) is 75.0 Å². The third-order valence-electron chi connectivity index (χ3n) is 6.13. The Hall–Kier alpha value is -3.37. The zero-order valence-corrected chi connectivity index (χ0v) is 19.0. The first-order chi connectivity index (χ1) is 16.4. The van der Waals surface area contributed by atoms with Gasteiger partial charge in [-0.25, -0.2) is 8.78 Å². The molecule has 0 radical (unpaired) electrons. The lowest BCUT2D eigenvalue weighted by atomic mass is 9.96. The molecule has 2 aromatic carbocycles. The van der Waals surface area contributed by atoms with Gasteiger partial charge in [-0.05, 0) is 35.6 Å². The van der Waals surface area contributed by atoms with Crippen LogP contribution in [-0.2, 0) is 4.74 Å². The Morgan fingerprint density at radius 2 is 1.91 bits per heavy atom. The van der Waals surface area contributed by atoms with Crippen LogP contribution in [0.25, 0.3) is 0 Å². The Morgan fingerprint density at radius 3 is 2.68 bits per heavy atom. The van der Waals surface area contributed by atoms with Crippen molar-refractivity contribution in [3.8, 4) is 5.75 Å². The highest BCUT2D eigenvalue weighted by Crippen LogP contribution is 2.39. The Bertz CT molecular complexity index is 1330.